The highest BCUT2D eigenvalue weighted by Gasteiger charge is 2.32. The van der Waals surface area contributed by atoms with Gasteiger partial charge in [-0.25, -0.2) is 9.18 Å². The van der Waals surface area contributed by atoms with Gasteiger partial charge in [0.25, 0.3) is 5.91 Å². The molecule has 0 bridgehead atoms. The maximum Gasteiger partial charge on any atom is 0.339 e. The monoisotopic (exact) mass is 372 g/mol. The van der Waals surface area contributed by atoms with Crippen LogP contribution in [0.3, 0.4) is 0 Å². The first kappa shape index (κ1) is 18.4. The van der Waals surface area contributed by atoms with E-state index in [1.807, 2.05) is 0 Å². The molecule has 3 rings (SSSR count). The Morgan fingerprint density at radius 2 is 1.85 bits per heavy atom. The van der Waals surface area contributed by atoms with E-state index in [0.717, 1.165) is 0 Å². The summed E-state index contributed by atoms with van der Waals surface area (Å²) in [6, 6.07) is 12.5. The summed E-state index contributed by atoms with van der Waals surface area (Å²) < 4.78 is 23.9. The van der Waals surface area contributed by atoms with Crippen molar-refractivity contribution >= 4 is 17.8 Å². The Labute approximate surface area is 154 Å². The second kappa shape index (κ2) is 7.86. The van der Waals surface area contributed by atoms with Crippen LogP contribution in [0.5, 0.6) is 5.75 Å². The molecule has 0 saturated carbocycles. The smallest absolute Gasteiger partial charge is 0.339 e. The fourth-order valence-corrected chi connectivity index (χ4v) is 2.61. The highest BCUT2D eigenvalue weighted by molar-refractivity contribution is 5.94. The minimum Gasteiger partial charge on any atom is -0.478 e. The Morgan fingerprint density at radius 3 is 2.63 bits per heavy atom. The number of ether oxygens (including phenoxy) is 2. The van der Waals surface area contributed by atoms with Gasteiger partial charge in [-0.3, -0.25) is 20.4 Å². The molecular weight excluding hydrogens is 355 g/mol. The number of nitrogens with one attached hydrogen (secondary N) is 2. The van der Waals surface area contributed by atoms with E-state index in [2.05, 4.69) is 10.9 Å². The molecule has 2 unspecified atom stereocenters. The molecule has 0 radical (unpaired) electrons. The second-order valence-corrected chi connectivity index (χ2v) is 5.91. The van der Waals surface area contributed by atoms with Gasteiger partial charge in [0.1, 0.15) is 6.10 Å². The van der Waals surface area contributed by atoms with E-state index in [4.69, 9.17) is 9.47 Å². The lowest BCUT2D eigenvalue weighted by Gasteiger charge is -2.16. The number of hydrogen-bond donors (Lipinski definition) is 2. The Morgan fingerprint density at radius 1 is 1.15 bits per heavy atom. The molecule has 1 heterocycles. The molecule has 2 aromatic rings. The molecule has 0 aliphatic carbocycles. The predicted molar refractivity (Wildman–Crippen MR) is 92.0 cm³/mol. The molecule has 7 nitrogen and oxygen atoms in total. The van der Waals surface area contributed by atoms with Crippen LogP contribution in [0.1, 0.15) is 35.4 Å². The quantitative estimate of drug-likeness (QED) is 0.619. The summed E-state index contributed by atoms with van der Waals surface area (Å²) in [4.78, 5) is 35.8. The largest absolute Gasteiger partial charge is 0.478 e. The average molecular weight is 372 g/mol. The van der Waals surface area contributed by atoms with Gasteiger partial charge in [0, 0.05) is 5.56 Å². The van der Waals surface area contributed by atoms with Crippen molar-refractivity contribution in [1.82, 2.24) is 10.9 Å². The SMILES string of the molecule is CC(Oc1ccccc1F)C(=O)NNC(=O)CC1OC(=O)c2ccccc21. The summed E-state index contributed by atoms with van der Waals surface area (Å²) in [5.74, 6) is -2.35. The van der Waals surface area contributed by atoms with Crippen LogP contribution in [-0.2, 0) is 14.3 Å². The van der Waals surface area contributed by atoms with Gasteiger partial charge in [-0.1, -0.05) is 30.3 Å². The summed E-state index contributed by atoms with van der Waals surface area (Å²) in [7, 11) is 0. The third kappa shape index (κ3) is 4.22. The lowest BCUT2D eigenvalue weighted by molar-refractivity contribution is -0.133. The van der Waals surface area contributed by atoms with Crippen LogP contribution >= 0.6 is 0 Å². The number of amides is 2. The topological polar surface area (TPSA) is 93.7 Å². The van der Waals surface area contributed by atoms with Crippen molar-refractivity contribution in [2.24, 2.45) is 0 Å². The summed E-state index contributed by atoms with van der Waals surface area (Å²) in [6.07, 6.45) is -1.89. The third-order valence-electron chi connectivity index (χ3n) is 3.98. The van der Waals surface area contributed by atoms with Crippen LogP contribution in [0.25, 0.3) is 0 Å². The number of fused-ring (bicyclic) bond motifs is 1. The van der Waals surface area contributed by atoms with Crippen LogP contribution in [0.2, 0.25) is 0 Å². The first-order valence-electron chi connectivity index (χ1n) is 8.25. The second-order valence-electron chi connectivity index (χ2n) is 5.91. The van der Waals surface area contributed by atoms with Crippen LogP contribution in [-0.4, -0.2) is 23.9 Å². The van der Waals surface area contributed by atoms with Crippen molar-refractivity contribution in [2.75, 3.05) is 0 Å². The first-order chi connectivity index (χ1) is 13.0. The molecule has 0 fully saturated rings. The van der Waals surface area contributed by atoms with Crippen LogP contribution in [0, 0.1) is 5.82 Å². The summed E-state index contributed by atoms with van der Waals surface area (Å²) in [5, 5.41) is 0. The standard InChI is InChI=1S/C19H17FN2O5/c1-11(26-15-9-5-4-8-14(15)20)18(24)22-21-17(23)10-16-12-6-2-3-7-13(12)19(25)27-16/h2-9,11,16H,10H2,1H3,(H,21,23)(H,22,24). The van der Waals surface area contributed by atoms with Crippen molar-refractivity contribution in [1.29, 1.82) is 0 Å². The zero-order chi connectivity index (χ0) is 19.4. The number of carbonyl (C=O) groups is 3. The maximum atomic E-state index is 13.5. The highest BCUT2D eigenvalue weighted by Crippen LogP contribution is 2.32. The molecule has 1 aliphatic rings. The van der Waals surface area contributed by atoms with Crippen LogP contribution < -0.4 is 15.6 Å². The fraction of sp³-hybridized carbons (Fsp3) is 0.211. The zero-order valence-electron chi connectivity index (χ0n) is 14.4. The van der Waals surface area contributed by atoms with Crippen molar-refractivity contribution in [3.63, 3.8) is 0 Å². The minimum atomic E-state index is -1.03. The van der Waals surface area contributed by atoms with Crippen molar-refractivity contribution in [2.45, 2.75) is 25.6 Å². The Bertz CT molecular complexity index is 886. The van der Waals surface area contributed by atoms with Gasteiger partial charge in [-0.05, 0) is 25.1 Å². The fourth-order valence-electron chi connectivity index (χ4n) is 2.61. The number of hydrogen-bond acceptors (Lipinski definition) is 5. The minimum absolute atomic E-state index is 0.0686. The number of rotatable bonds is 5. The number of halogens is 1. The van der Waals surface area contributed by atoms with Crippen molar-refractivity contribution in [3.05, 3.63) is 65.5 Å². The summed E-state index contributed by atoms with van der Waals surface area (Å²) >= 11 is 0. The number of para-hydroxylation sites is 1. The first-order valence-corrected chi connectivity index (χ1v) is 8.25. The Hall–Kier alpha value is -3.42. The predicted octanol–water partition coefficient (Wildman–Crippen LogP) is 2.04. The van der Waals surface area contributed by atoms with E-state index >= 15 is 0 Å². The molecule has 2 N–H and O–H groups in total. The molecular formula is C19H17FN2O5. The highest BCUT2D eigenvalue weighted by atomic mass is 19.1. The molecule has 2 aromatic carbocycles. The third-order valence-corrected chi connectivity index (χ3v) is 3.98. The van der Waals surface area contributed by atoms with Gasteiger partial charge >= 0.3 is 5.97 Å². The lowest BCUT2D eigenvalue weighted by atomic mass is 10.0. The van der Waals surface area contributed by atoms with E-state index < -0.39 is 35.8 Å². The normalized spacial score (nSPS) is 16.1. The van der Waals surface area contributed by atoms with Gasteiger partial charge < -0.3 is 9.47 Å². The number of carbonyl (C=O) groups excluding carboxylic acids is 3. The maximum absolute atomic E-state index is 13.5. The van der Waals surface area contributed by atoms with E-state index in [1.165, 1.54) is 25.1 Å². The summed E-state index contributed by atoms with van der Waals surface area (Å²) in [6.45, 7) is 1.42. The van der Waals surface area contributed by atoms with Crippen molar-refractivity contribution in [3.8, 4) is 5.75 Å². The molecule has 8 heteroatoms. The molecule has 1 aliphatic heterocycles. The van der Waals surface area contributed by atoms with E-state index in [1.54, 1.807) is 30.3 Å². The van der Waals surface area contributed by atoms with E-state index in [0.29, 0.717) is 11.1 Å². The average Bonchev–Trinajstić information content (AvgIpc) is 2.97. The molecule has 0 saturated heterocycles. The molecule has 2 atom stereocenters. The summed E-state index contributed by atoms with van der Waals surface area (Å²) in [5.41, 5.74) is 5.49. The lowest BCUT2D eigenvalue weighted by Crippen LogP contribution is -2.47. The molecule has 0 aromatic heterocycles. The molecule has 140 valence electrons. The zero-order valence-corrected chi connectivity index (χ0v) is 14.4. The molecule has 0 spiro atoms. The molecule has 2 amide bonds. The number of esters is 1. The van der Waals surface area contributed by atoms with Crippen LogP contribution in [0.4, 0.5) is 4.39 Å². The van der Waals surface area contributed by atoms with Gasteiger partial charge in [0.2, 0.25) is 5.91 Å². The molecule has 27 heavy (non-hydrogen) atoms. The Kier molecular flexibility index (Phi) is 5.35. The Balaban J connectivity index is 1.50. The van der Waals surface area contributed by atoms with Crippen molar-refractivity contribution < 1.29 is 28.2 Å². The van der Waals surface area contributed by atoms with E-state index in [9.17, 15) is 18.8 Å². The van der Waals surface area contributed by atoms with Gasteiger partial charge in [0.05, 0.1) is 12.0 Å². The number of hydrazine groups is 1. The van der Waals surface area contributed by atoms with Gasteiger partial charge in [-0.15, -0.1) is 0 Å². The van der Waals surface area contributed by atoms with Gasteiger partial charge in [0.15, 0.2) is 17.7 Å². The van der Waals surface area contributed by atoms with Crippen LogP contribution in [0.15, 0.2) is 48.5 Å². The van der Waals surface area contributed by atoms with E-state index in [-0.39, 0.29) is 12.2 Å². The number of benzene rings is 2. The van der Waals surface area contributed by atoms with Gasteiger partial charge in [-0.2, -0.15) is 0 Å². The number of cyclic esters (lactones) is 1.